The third kappa shape index (κ3) is 1.73. The van der Waals surface area contributed by atoms with Crippen molar-refractivity contribution in [2.24, 2.45) is 11.3 Å². The van der Waals surface area contributed by atoms with Crippen molar-refractivity contribution in [3.8, 4) is 0 Å². The second-order valence-electron chi connectivity index (χ2n) is 6.27. The number of carbonyl (C=O) groups excluding carboxylic acids is 1. The Morgan fingerprint density at radius 1 is 1.35 bits per heavy atom. The molecule has 1 amide bonds. The SMILES string of the molecule is O=C(c1ccoc1)N1CC2(CCNCC2)[C@@H]2COC[C@@H]21. The molecule has 0 aliphatic carbocycles. The van der Waals surface area contributed by atoms with Gasteiger partial charge in [-0.05, 0) is 37.4 Å². The minimum Gasteiger partial charge on any atom is -0.472 e. The number of piperidine rings is 1. The second kappa shape index (κ2) is 4.60. The van der Waals surface area contributed by atoms with Gasteiger partial charge in [0.05, 0.1) is 31.1 Å². The Balaban J connectivity index is 1.63. The van der Waals surface area contributed by atoms with E-state index in [0.29, 0.717) is 18.1 Å². The molecule has 3 saturated heterocycles. The lowest BCUT2D eigenvalue weighted by Gasteiger charge is -2.37. The molecule has 5 heteroatoms. The number of rotatable bonds is 1. The van der Waals surface area contributed by atoms with Crippen LogP contribution in [-0.4, -0.2) is 49.7 Å². The van der Waals surface area contributed by atoms with Crippen molar-refractivity contribution in [1.29, 1.82) is 0 Å². The van der Waals surface area contributed by atoms with Gasteiger partial charge in [0.1, 0.15) is 6.26 Å². The van der Waals surface area contributed by atoms with Gasteiger partial charge >= 0.3 is 0 Å². The molecule has 1 N–H and O–H groups in total. The smallest absolute Gasteiger partial charge is 0.257 e. The van der Waals surface area contributed by atoms with Crippen molar-refractivity contribution in [2.45, 2.75) is 18.9 Å². The molecule has 3 fully saturated rings. The maximum absolute atomic E-state index is 12.7. The van der Waals surface area contributed by atoms with E-state index in [1.54, 1.807) is 18.6 Å². The van der Waals surface area contributed by atoms with Crippen molar-refractivity contribution in [3.05, 3.63) is 24.2 Å². The fourth-order valence-corrected chi connectivity index (χ4v) is 4.24. The minimum absolute atomic E-state index is 0.0923. The van der Waals surface area contributed by atoms with Crippen LogP contribution in [0.2, 0.25) is 0 Å². The van der Waals surface area contributed by atoms with E-state index >= 15 is 0 Å². The third-order valence-electron chi connectivity index (χ3n) is 5.35. The predicted molar refractivity (Wildman–Crippen MR) is 72.4 cm³/mol. The molecule has 3 aliphatic heterocycles. The Kier molecular flexibility index (Phi) is 2.86. The summed E-state index contributed by atoms with van der Waals surface area (Å²) in [4.78, 5) is 14.7. The molecule has 1 aromatic heterocycles. The van der Waals surface area contributed by atoms with E-state index in [4.69, 9.17) is 9.15 Å². The number of furan rings is 1. The van der Waals surface area contributed by atoms with E-state index in [2.05, 4.69) is 5.32 Å². The van der Waals surface area contributed by atoms with E-state index in [-0.39, 0.29) is 17.4 Å². The molecule has 0 aromatic carbocycles. The summed E-state index contributed by atoms with van der Waals surface area (Å²) in [6, 6.07) is 2.00. The lowest BCUT2D eigenvalue weighted by molar-refractivity contribution is 0.0606. The molecule has 3 aliphatic rings. The summed E-state index contributed by atoms with van der Waals surface area (Å²) in [6.45, 7) is 4.47. The number of carbonyl (C=O) groups is 1. The Hall–Kier alpha value is -1.33. The fraction of sp³-hybridized carbons (Fsp3) is 0.667. The third-order valence-corrected chi connectivity index (χ3v) is 5.35. The van der Waals surface area contributed by atoms with Crippen LogP contribution in [0.3, 0.4) is 0 Å². The number of nitrogens with zero attached hydrogens (tertiary/aromatic N) is 1. The van der Waals surface area contributed by atoms with E-state index in [9.17, 15) is 4.79 Å². The number of hydrogen-bond acceptors (Lipinski definition) is 4. The number of hydrogen-bond donors (Lipinski definition) is 1. The molecule has 1 spiro atoms. The Morgan fingerprint density at radius 2 is 2.20 bits per heavy atom. The molecule has 4 heterocycles. The number of nitrogens with one attached hydrogen (secondary N) is 1. The normalized spacial score (nSPS) is 31.7. The minimum atomic E-state index is 0.0923. The number of amides is 1. The standard InChI is InChI=1S/C15H20N2O3/c18-14(11-1-6-19-7-11)17-10-15(2-4-16-5-3-15)12-8-20-9-13(12)17/h1,6-7,12-13,16H,2-5,8-10H2/t12-,13+/m1/s1. The molecular formula is C15H20N2O3. The largest absolute Gasteiger partial charge is 0.472 e. The zero-order valence-electron chi connectivity index (χ0n) is 11.5. The van der Waals surface area contributed by atoms with Crippen LogP contribution in [0.5, 0.6) is 0 Å². The average Bonchev–Trinajstić information content (AvgIpc) is 3.18. The summed E-state index contributed by atoms with van der Waals surface area (Å²) in [5.74, 6) is 0.593. The van der Waals surface area contributed by atoms with Crippen LogP contribution in [0, 0.1) is 11.3 Å². The first-order valence-corrected chi connectivity index (χ1v) is 7.42. The van der Waals surface area contributed by atoms with Crippen LogP contribution in [0.25, 0.3) is 0 Å². The average molecular weight is 276 g/mol. The van der Waals surface area contributed by atoms with Gasteiger partial charge in [-0.15, -0.1) is 0 Å². The lowest BCUT2D eigenvalue weighted by Crippen LogP contribution is -2.43. The van der Waals surface area contributed by atoms with Gasteiger partial charge in [-0.3, -0.25) is 4.79 Å². The van der Waals surface area contributed by atoms with Crippen molar-refractivity contribution >= 4 is 5.91 Å². The van der Waals surface area contributed by atoms with Crippen LogP contribution in [-0.2, 0) is 4.74 Å². The molecule has 20 heavy (non-hydrogen) atoms. The highest BCUT2D eigenvalue weighted by molar-refractivity contribution is 5.94. The van der Waals surface area contributed by atoms with Gasteiger partial charge in [0, 0.05) is 12.5 Å². The van der Waals surface area contributed by atoms with Gasteiger partial charge in [-0.2, -0.15) is 0 Å². The van der Waals surface area contributed by atoms with Crippen LogP contribution in [0.4, 0.5) is 0 Å². The van der Waals surface area contributed by atoms with Crippen molar-refractivity contribution in [2.75, 3.05) is 32.8 Å². The van der Waals surface area contributed by atoms with Crippen LogP contribution in [0.15, 0.2) is 23.0 Å². The molecule has 1 aromatic rings. The summed E-state index contributed by atoms with van der Waals surface area (Å²) in [7, 11) is 0. The van der Waals surface area contributed by atoms with Gasteiger partial charge in [0.15, 0.2) is 0 Å². The van der Waals surface area contributed by atoms with Gasteiger partial charge in [-0.1, -0.05) is 0 Å². The molecule has 108 valence electrons. The lowest BCUT2D eigenvalue weighted by atomic mass is 9.70. The summed E-state index contributed by atoms with van der Waals surface area (Å²) in [5.41, 5.74) is 0.910. The van der Waals surface area contributed by atoms with E-state index in [1.165, 1.54) is 0 Å². The van der Waals surface area contributed by atoms with Crippen molar-refractivity contribution in [1.82, 2.24) is 10.2 Å². The second-order valence-corrected chi connectivity index (χ2v) is 6.27. The maximum Gasteiger partial charge on any atom is 0.257 e. The Labute approximate surface area is 118 Å². The van der Waals surface area contributed by atoms with Crippen LogP contribution in [0.1, 0.15) is 23.2 Å². The molecular weight excluding hydrogens is 256 g/mol. The van der Waals surface area contributed by atoms with E-state index in [0.717, 1.165) is 39.1 Å². The molecule has 0 radical (unpaired) electrons. The van der Waals surface area contributed by atoms with Crippen LogP contribution >= 0.6 is 0 Å². The molecule has 5 nitrogen and oxygen atoms in total. The summed E-state index contributed by atoms with van der Waals surface area (Å²) in [6.07, 6.45) is 5.40. The summed E-state index contributed by atoms with van der Waals surface area (Å²) >= 11 is 0. The fourth-order valence-electron chi connectivity index (χ4n) is 4.24. The topological polar surface area (TPSA) is 54.7 Å². The van der Waals surface area contributed by atoms with E-state index < -0.39 is 0 Å². The number of ether oxygens (including phenoxy) is 1. The Bertz CT molecular complexity index is 493. The monoisotopic (exact) mass is 276 g/mol. The van der Waals surface area contributed by atoms with Gasteiger partial charge in [0.25, 0.3) is 5.91 Å². The zero-order valence-corrected chi connectivity index (χ0v) is 11.5. The first kappa shape index (κ1) is 12.4. The first-order chi connectivity index (χ1) is 9.80. The van der Waals surface area contributed by atoms with E-state index in [1.807, 2.05) is 4.90 Å². The number of likely N-dealkylation sites (tertiary alicyclic amines) is 1. The van der Waals surface area contributed by atoms with Crippen molar-refractivity contribution < 1.29 is 13.9 Å². The molecule has 0 bridgehead atoms. The Morgan fingerprint density at radius 3 is 2.95 bits per heavy atom. The van der Waals surface area contributed by atoms with Crippen LogP contribution < -0.4 is 5.32 Å². The molecule has 4 rings (SSSR count). The predicted octanol–water partition coefficient (Wildman–Crippen LogP) is 1.12. The summed E-state index contributed by atoms with van der Waals surface area (Å²) < 4.78 is 10.8. The highest BCUT2D eigenvalue weighted by Gasteiger charge is 2.56. The highest BCUT2D eigenvalue weighted by Crippen LogP contribution is 2.49. The zero-order chi connectivity index (χ0) is 13.6. The van der Waals surface area contributed by atoms with Gasteiger partial charge in [0.2, 0.25) is 0 Å². The molecule has 0 saturated carbocycles. The number of fused-ring (bicyclic) bond motifs is 2. The van der Waals surface area contributed by atoms with Crippen molar-refractivity contribution in [3.63, 3.8) is 0 Å². The first-order valence-electron chi connectivity index (χ1n) is 7.42. The molecule has 0 unspecified atom stereocenters. The maximum atomic E-state index is 12.7. The summed E-state index contributed by atoms with van der Waals surface area (Å²) in [5, 5.41) is 3.43. The quantitative estimate of drug-likeness (QED) is 0.835. The molecule has 2 atom stereocenters. The van der Waals surface area contributed by atoms with Gasteiger partial charge < -0.3 is 19.4 Å². The van der Waals surface area contributed by atoms with Gasteiger partial charge in [-0.25, -0.2) is 0 Å². The highest BCUT2D eigenvalue weighted by atomic mass is 16.5.